The predicted octanol–water partition coefficient (Wildman–Crippen LogP) is 2.66. The van der Waals surface area contributed by atoms with E-state index < -0.39 is 34.4 Å². The fourth-order valence-electron chi connectivity index (χ4n) is 3.34. The van der Waals surface area contributed by atoms with Gasteiger partial charge in [-0.15, -0.1) is 0 Å². The number of carbonyl (C=O) groups excluding carboxylic acids is 2. The van der Waals surface area contributed by atoms with Crippen molar-refractivity contribution in [2.45, 2.75) is 30.2 Å². The van der Waals surface area contributed by atoms with Gasteiger partial charge in [-0.25, -0.2) is 8.42 Å². The van der Waals surface area contributed by atoms with Gasteiger partial charge in [-0.2, -0.15) is 4.31 Å². The van der Waals surface area contributed by atoms with Crippen molar-refractivity contribution < 1.29 is 27.5 Å². The van der Waals surface area contributed by atoms with Gasteiger partial charge in [-0.1, -0.05) is 30.3 Å². The maximum atomic E-state index is 13.0. The minimum Gasteiger partial charge on any atom is -0.496 e. The van der Waals surface area contributed by atoms with E-state index in [-0.39, 0.29) is 11.4 Å². The van der Waals surface area contributed by atoms with E-state index in [9.17, 15) is 18.0 Å². The molecule has 0 amide bonds. The molecule has 0 spiro atoms. The van der Waals surface area contributed by atoms with E-state index in [0.29, 0.717) is 30.6 Å². The monoisotopic (exact) mass is 417 g/mol. The highest BCUT2D eigenvalue weighted by atomic mass is 32.2. The van der Waals surface area contributed by atoms with Crippen LogP contribution in [-0.2, 0) is 19.6 Å². The molecule has 3 rings (SSSR count). The lowest BCUT2D eigenvalue weighted by atomic mass is 10.1. The maximum absolute atomic E-state index is 13.0. The largest absolute Gasteiger partial charge is 0.496 e. The molecule has 1 aliphatic heterocycles. The van der Waals surface area contributed by atoms with Gasteiger partial charge in [0, 0.05) is 6.54 Å². The van der Waals surface area contributed by atoms with Crippen molar-refractivity contribution in [1.29, 1.82) is 0 Å². The number of methoxy groups -OCH3 is 1. The summed E-state index contributed by atoms with van der Waals surface area (Å²) in [7, 11) is -2.38. The predicted molar refractivity (Wildman–Crippen MR) is 106 cm³/mol. The number of hydrogen-bond donors (Lipinski definition) is 0. The Morgan fingerprint density at radius 1 is 1.03 bits per heavy atom. The third kappa shape index (κ3) is 4.65. The van der Waals surface area contributed by atoms with Crippen LogP contribution < -0.4 is 4.74 Å². The zero-order valence-electron chi connectivity index (χ0n) is 16.1. The number of ether oxygens (including phenoxy) is 2. The first-order valence-electron chi connectivity index (χ1n) is 9.35. The van der Waals surface area contributed by atoms with Gasteiger partial charge in [0.2, 0.25) is 15.8 Å². The van der Waals surface area contributed by atoms with Gasteiger partial charge >= 0.3 is 5.97 Å². The van der Waals surface area contributed by atoms with Crippen LogP contribution in [-0.4, -0.2) is 50.8 Å². The summed E-state index contributed by atoms with van der Waals surface area (Å²) < 4.78 is 37.5. The van der Waals surface area contributed by atoms with E-state index in [4.69, 9.17) is 9.47 Å². The quantitative estimate of drug-likeness (QED) is 0.508. The number of hydrogen-bond acceptors (Lipinski definition) is 6. The summed E-state index contributed by atoms with van der Waals surface area (Å²) in [5, 5.41) is 0. The van der Waals surface area contributed by atoms with E-state index >= 15 is 0 Å². The van der Waals surface area contributed by atoms with Crippen molar-refractivity contribution in [3.63, 3.8) is 0 Å². The van der Waals surface area contributed by atoms with E-state index in [1.54, 1.807) is 42.5 Å². The molecule has 29 heavy (non-hydrogen) atoms. The minimum absolute atomic E-state index is 0.129. The van der Waals surface area contributed by atoms with Crippen LogP contribution >= 0.6 is 0 Å². The van der Waals surface area contributed by atoms with Crippen LogP contribution in [0, 0.1) is 0 Å². The molecule has 1 fully saturated rings. The van der Waals surface area contributed by atoms with Crippen LogP contribution in [0.4, 0.5) is 0 Å². The Labute approximate surface area is 170 Å². The highest BCUT2D eigenvalue weighted by Crippen LogP contribution is 2.26. The summed E-state index contributed by atoms with van der Waals surface area (Å²) in [5.74, 6) is -0.740. The molecule has 0 bridgehead atoms. The first-order chi connectivity index (χ1) is 13.9. The fraction of sp³-hybridized carbons (Fsp3) is 0.333. The normalized spacial score (nSPS) is 17.5. The molecule has 1 aliphatic rings. The SMILES string of the molecule is COc1ccccc1C(=O)COC(=O)[C@@H]1CCCCN1S(=O)(=O)c1ccccc1. The van der Waals surface area contributed by atoms with Crippen molar-refractivity contribution >= 4 is 21.8 Å². The lowest BCUT2D eigenvalue weighted by Gasteiger charge is -2.32. The topological polar surface area (TPSA) is 90.0 Å². The smallest absolute Gasteiger partial charge is 0.324 e. The molecule has 0 aromatic heterocycles. The highest BCUT2D eigenvalue weighted by molar-refractivity contribution is 7.89. The molecule has 0 aliphatic carbocycles. The number of ketones is 1. The molecule has 0 saturated carbocycles. The third-order valence-electron chi connectivity index (χ3n) is 4.83. The van der Waals surface area contributed by atoms with Crippen LogP contribution in [0.15, 0.2) is 59.5 Å². The third-order valence-corrected chi connectivity index (χ3v) is 6.75. The lowest BCUT2D eigenvalue weighted by molar-refractivity contribution is -0.148. The van der Waals surface area contributed by atoms with Gasteiger partial charge in [-0.3, -0.25) is 9.59 Å². The summed E-state index contributed by atoms with van der Waals surface area (Å²) in [6.07, 6.45) is 1.73. The minimum atomic E-state index is -3.83. The number of nitrogens with zero attached hydrogens (tertiary/aromatic N) is 1. The van der Waals surface area contributed by atoms with Crippen molar-refractivity contribution in [1.82, 2.24) is 4.31 Å². The van der Waals surface area contributed by atoms with Gasteiger partial charge in [-0.05, 0) is 43.5 Å². The Kier molecular flexibility index (Phi) is 6.66. The van der Waals surface area contributed by atoms with E-state index in [0.717, 1.165) is 0 Å². The van der Waals surface area contributed by atoms with Crippen LogP contribution in [0.1, 0.15) is 29.6 Å². The maximum Gasteiger partial charge on any atom is 0.324 e. The molecular weight excluding hydrogens is 394 g/mol. The van der Waals surface area contributed by atoms with Crippen LogP contribution in [0.2, 0.25) is 0 Å². The molecule has 8 heteroatoms. The molecular formula is C21H23NO6S. The lowest BCUT2D eigenvalue weighted by Crippen LogP contribution is -2.48. The molecule has 1 atom stereocenters. The zero-order chi connectivity index (χ0) is 20.9. The first-order valence-corrected chi connectivity index (χ1v) is 10.8. The van der Waals surface area contributed by atoms with Crippen molar-refractivity contribution in [2.24, 2.45) is 0 Å². The van der Waals surface area contributed by atoms with E-state index in [1.165, 1.54) is 23.5 Å². The summed E-state index contributed by atoms with van der Waals surface area (Å²) in [6.45, 7) is -0.244. The zero-order valence-corrected chi connectivity index (χ0v) is 16.9. The molecule has 154 valence electrons. The first kappa shape index (κ1) is 21.0. The molecule has 0 radical (unpaired) electrons. The van der Waals surface area contributed by atoms with Crippen LogP contribution in [0.3, 0.4) is 0 Å². The number of para-hydroxylation sites is 1. The van der Waals surface area contributed by atoms with E-state index in [1.807, 2.05) is 0 Å². The summed E-state index contributed by atoms with van der Waals surface area (Å²) in [5.41, 5.74) is 0.306. The van der Waals surface area contributed by atoms with Crippen molar-refractivity contribution in [3.8, 4) is 5.75 Å². The van der Waals surface area contributed by atoms with Gasteiger partial charge in [0.15, 0.2) is 6.61 Å². The molecule has 2 aromatic rings. The Morgan fingerprint density at radius 2 is 1.72 bits per heavy atom. The molecule has 1 saturated heterocycles. The number of sulfonamides is 1. The summed E-state index contributed by atoms with van der Waals surface area (Å²) >= 11 is 0. The van der Waals surface area contributed by atoms with Gasteiger partial charge in [0.1, 0.15) is 11.8 Å². The average molecular weight is 417 g/mol. The Bertz CT molecular complexity index is 974. The molecule has 2 aromatic carbocycles. The molecule has 7 nitrogen and oxygen atoms in total. The number of piperidine rings is 1. The Hall–Kier alpha value is -2.71. The van der Waals surface area contributed by atoms with Crippen molar-refractivity contribution in [3.05, 3.63) is 60.2 Å². The van der Waals surface area contributed by atoms with Gasteiger partial charge in [0.05, 0.1) is 17.6 Å². The molecule has 0 unspecified atom stereocenters. The van der Waals surface area contributed by atoms with Gasteiger partial charge < -0.3 is 9.47 Å². The molecule has 0 N–H and O–H groups in total. The highest BCUT2D eigenvalue weighted by Gasteiger charge is 2.38. The number of carbonyl (C=O) groups is 2. The number of esters is 1. The Morgan fingerprint density at radius 3 is 2.45 bits per heavy atom. The Balaban J connectivity index is 1.72. The second kappa shape index (κ2) is 9.19. The summed E-state index contributed by atoms with van der Waals surface area (Å²) in [6, 6.07) is 13.7. The average Bonchev–Trinajstić information content (AvgIpc) is 2.77. The van der Waals surface area contributed by atoms with Crippen LogP contribution in [0.5, 0.6) is 5.75 Å². The second-order valence-electron chi connectivity index (χ2n) is 6.67. The van der Waals surface area contributed by atoms with Crippen LogP contribution in [0.25, 0.3) is 0 Å². The number of benzene rings is 2. The number of rotatable bonds is 7. The fourth-order valence-corrected chi connectivity index (χ4v) is 5.01. The van der Waals surface area contributed by atoms with E-state index in [2.05, 4.69) is 0 Å². The number of Topliss-reactive ketones (excluding diaryl/α,β-unsaturated/α-hetero) is 1. The molecule has 1 heterocycles. The van der Waals surface area contributed by atoms with Gasteiger partial charge in [0.25, 0.3) is 0 Å². The van der Waals surface area contributed by atoms with Crippen molar-refractivity contribution in [2.75, 3.05) is 20.3 Å². The second-order valence-corrected chi connectivity index (χ2v) is 8.56. The standard InChI is InChI=1S/C21H23NO6S/c1-27-20-13-6-5-11-17(20)19(23)15-28-21(24)18-12-7-8-14-22(18)29(25,26)16-9-3-2-4-10-16/h2-6,9-11,13,18H,7-8,12,14-15H2,1H3/t18-/m0/s1. The summed E-state index contributed by atoms with van der Waals surface area (Å²) in [4.78, 5) is 25.2.